The van der Waals surface area contributed by atoms with Crippen molar-refractivity contribution in [1.29, 1.82) is 0 Å². The van der Waals surface area contributed by atoms with Crippen LogP contribution in [0, 0.1) is 6.92 Å². The van der Waals surface area contributed by atoms with E-state index in [1.54, 1.807) is 0 Å². The quantitative estimate of drug-likeness (QED) is 0.806. The predicted molar refractivity (Wildman–Crippen MR) is 63.2 cm³/mol. The van der Waals surface area contributed by atoms with Crippen LogP contribution in [-0.2, 0) is 13.1 Å². The first-order valence-corrected chi connectivity index (χ1v) is 6.05. The fourth-order valence-electron chi connectivity index (χ4n) is 2.31. The number of nitrogens with one attached hydrogen (secondary N) is 1. The molecule has 1 aromatic heterocycles. The van der Waals surface area contributed by atoms with Gasteiger partial charge in [-0.05, 0) is 20.8 Å². The van der Waals surface area contributed by atoms with Crippen LogP contribution in [0.1, 0.15) is 25.5 Å². The van der Waals surface area contributed by atoms with Crippen molar-refractivity contribution in [3.05, 3.63) is 11.6 Å². The average molecular weight is 223 g/mol. The fourth-order valence-corrected chi connectivity index (χ4v) is 2.31. The molecule has 0 spiro atoms. The molecule has 0 amide bonds. The zero-order chi connectivity index (χ0) is 11.5. The molecule has 1 aliphatic heterocycles. The summed E-state index contributed by atoms with van der Waals surface area (Å²) < 4.78 is 2.19. The molecule has 5 nitrogen and oxygen atoms in total. The highest BCUT2D eigenvalue weighted by Crippen LogP contribution is 2.07. The highest BCUT2D eigenvalue weighted by atomic mass is 15.3. The molecule has 1 aliphatic rings. The van der Waals surface area contributed by atoms with Gasteiger partial charge in [-0.1, -0.05) is 0 Å². The Morgan fingerprint density at radius 3 is 2.94 bits per heavy atom. The zero-order valence-electron chi connectivity index (χ0n) is 10.4. The summed E-state index contributed by atoms with van der Waals surface area (Å²) in [7, 11) is 0. The van der Waals surface area contributed by atoms with Gasteiger partial charge in [0.1, 0.15) is 11.6 Å². The van der Waals surface area contributed by atoms with E-state index in [0.29, 0.717) is 6.04 Å². The Balaban J connectivity index is 2.02. The van der Waals surface area contributed by atoms with Crippen molar-refractivity contribution in [2.75, 3.05) is 19.6 Å². The molecule has 16 heavy (non-hydrogen) atoms. The lowest BCUT2D eigenvalue weighted by Gasteiger charge is -2.31. The van der Waals surface area contributed by atoms with E-state index in [1.165, 1.54) is 0 Å². The molecule has 0 saturated carbocycles. The number of nitrogens with zero attached hydrogens (tertiary/aromatic N) is 4. The summed E-state index contributed by atoms with van der Waals surface area (Å²) in [5.41, 5.74) is 0. The molecule has 1 unspecified atom stereocenters. The van der Waals surface area contributed by atoms with Gasteiger partial charge in [0, 0.05) is 32.2 Å². The van der Waals surface area contributed by atoms with Crippen molar-refractivity contribution in [3.63, 3.8) is 0 Å². The van der Waals surface area contributed by atoms with E-state index in [2.05, 4.69) is 38.8 Å². The van der Waals surface area contributed by atoms with Crippen LogP contribution in [-0.4, -0.2) is 45.3 Å². The first-order chi connectivity index (χ1) is 7.70. The molecule has 1 N–H and O–H groups in total. The lowest BCUT2D eigenvalue weighted by Crippen LogP contribution is -2.48. The molecule has 0 radical (unpaired) electrons. The first kappa shape index (κ1) is 11.5. The Labute approximate surface area is 96.8 Å². The average Bonchev–Trinajstić information content (AvgIpc) is 2.59. The molecule has 1 saturated heterocycles. The minimum absolute atomic E-state index is 0.577. The highest BCUT2D eigenvalue weighted by Gasteiger charge is 2.18. The third kappa shape index (κ3) is 2.41. The minimum Gasteiger partial charge on any atom is -0.314 e. The Morgan fingerprint density at radius 1 is 1.44 bits per heavy atom. The molecule has 1 aromatic rings. The standard InChI is InChI=1S/C11H21N5/c1-4-16-10(3)13-14-11(16)8-15-6-5-12-9(2)7-15/h9,12H,4-8H2,1-3H3. The van der Waals surface area contributed by atoms with Crippen LogP contribution in [0.5, 0.6) is 0 Å². The molecule has 90 valence electrons. The van der Waals surface area contributed by atoms with Gasteiger partial charge >= 0.3 is 0 Å². The summed E-state index contributed by atoms with van der Waals surface area (Å²) >= 11 is 0. The third-order valence-electron chi connectivity index (χ3n) is 3.15. The summed E-state index contributed by atoms with van der Waals surface area (Å²) in [6, 6.07) is 0.577. The van der Waals surface area contributed by atoms with Crippen molar-refractivity contribution in [2.45, 2.75) is 39.9 Å². The maximum Gasteiger partial charge on any atom is 0.147 e. The molecule has 5 heteroatoms. The van der Waals surface area contributed by atoms with Crippen molar-refractivity contribution >= 4 is 0 Å². The second kappa shape index (κ2) is 4.93. The Morgan fingerprint density at radius 2 is 2.25 bits per heavy atom. The SMILES string of the molecule is CCn1c(C)nnc1CN1CCNC(C)C1. The van der Waals surface area contributed by atoms with Crippen LogP contribution >= 0.6 is 0 Å². The van der Waals surface area contributed by atoms with Crippen molar-refractivity contribution in [3.8, 4) is 0 Å². The lowest BCUT2D eigenvalue weighted by atomic mass is 10.2. The largest absolute Gasteiger partial charge is 0.314 e. The number of aromatic nitrogens is 3. The molecular weight excluding hydrogens is 202 g/mol. The van der Waals surface area contributed by atoms with Gasteiger partial charge in [-0.25, -0.2) is 0 Å². The predicted octanol–water partition coefficient (Wildman–Crippen LogP) is 0.400. The summed E-state index contributed by atoms with van der Waals surface area (Å²) in [4.78, 5) is 2.44. The van der Waals surface area contributed by atoms with Crippen LogP contribution in [0.4, 0.5) is 0 Å². The molecule has 0 aliphatic carbocycles. The first-order valence-electron chi connectivity index (χ1n) is 6.05. The van der Waals surface area contributed by atoms with Crippen LogP contribution in [0.25, 0.3) is 0 Å². The van der Waals surface area contributed by atoms with Gasteiger partial charge in [0.2, 0.25) is 0 Å². The Bertz CT molecular complexity index is 346. The maximum absolute atomic E-state index is 4.26. The van der Waals surface area contributed by atoms with Gasteiger partial charge in [0.05, 0.1) is 6.54 Å². The second-order valence-electron chi connectivity index (χ2n) is 4.50. The van der Waals surface area contributed by atoms with Gasteiger partial charge in [-0.2, -0.15) is 0 Å². The van der Waals surface area contributed by atoms with E-state index in [0.717, 1.165) is 44.4 Å². The summed E-state index contributed by atoms with van der Waals surface area (Å²) in [5, 5.41) is 11.8. The molecule has 2 rings (SSSR count). The minimum atomic E-state index is 0.577. The van der Waals surface area contributed by atoms with Gasteiger partial charge in [0.25, 0.3) is 0 Å². The lowest BCUT2D eigenvalue weighted by molar-refractivity contribution is 0.193. The van der Waals surface area contributed by atoms with E-state index >= 15 is 0 Å². The van der Waals surface area contributed by atoms with E-state index < -0.39 is 0 Å². The van der Waals surface area contributed by atoms with Gasteiger partial charge < -0.3 is 9.88 Å². The molecular formula is C11H21N5. The fraction of sp³-hybridized carbons (Fsp3) is 0.818. The molecule has 0 aromatic carbocycles. The Kier molecular flexibility index (Phi) is 3.56. The van der Waals surface area contributed by atoms with Gasteiger partial charge in [-0.15, -0.1) is 10.2 Å². The van der Waals surface area contributed by atoms with Crippen LogP contribution in [0.15, 0.2) is 0 Å². The molecule has 1 fully saturated rings. The number of aryl methyl sites for hydroxylation is 1. The number of piperazine rings is 1. The van der Waals surface area contributed by atoms with Crippen LogP contribution in [0.3, 0.4) is 0 Å². The zero-order valence-corrected chi connectivity index (χ0v) is 10.4. The number of rotatable bonds is 3. The van der Waals surface area contributed by atoms with Crippen LogP contribution in [0.2, 0.25) is 0 Å². The summed E-state index contributed by atoms with van der Waals surface area (Å²) in [6.45, 7) is 11.5. The van der Waals surface area contributed by atoms with Gasteiger partial charge in [0.15, 0.2) is 0 Å². The van der Waals surface area contributed by atoms with E-state index in [9.17, 15) is 0 Å². The summed E-state index contributed by atoms with van der Waals surface area (Å²) in [6.07, 6.45) is 0. The Hall–Kier alpha value is -0.940. The maximum atomic E-state index is 4.26. The highest BCUT2D eigenvalue weighted by molar-refractivity contribution is 4.94. The van der Waals surface area contributed by atoms with E-state index in [4.69, 9.17) is 0 Å². The molecule has 0 bridgehead atoms. The normalized spacial score (nSPS) is 22.6. The summed E-state index contributed by atoms with van der Waals surface area (Å²) in [5.74, 6) is 2.11. The van der Waals surface area contributed by atoms with Crippen LogP contribution < -0.4 is 5.32 Å². The van der Waals surface area contributed by atoms with Crippen molar-refractivity contribution in [2.24, 2.45) is 0 Å². The monoisotopic (exact) mass is 223 g/mol. The van der Waals surface area contributed by atoms with Crippen molar-refractivity contribution in [1.82, 2.24) is 25.0 Å². The van der Waals surface area contributed by atoms with Crippen molar-refractivity contribution < 1.29 is 0 Å². The topological polar surface area (TPSA) is 46.0 Å². The molecule has 2 heterocycles. The van der Waals surface area contributed by atoms with Gasteiger partial charge in [-0.3, -0.25) is 4.90 Å². The molecule has 1 atom stereocenters. The number of hydrogen-bond donors (Lipinski definition) is 1. The smallest absolute Gasteiger partial charge is 0.147 e. The van der Waals surface area contributed by atoms with E-state index in [1.807, 2.05) is 6.92 Å². The van der Waals surface area contributed by atoms with E-state index in [-0.39, 0.29) is 0 Å². The third-order valence-corrected chi connectivity index (χ3v) is 3.15. The second-order valence-corrected chi connectivity index (χ2v) is 4.50. The number of hydrogen-bond acceptors (Lipinski definition) is 4.